The minimum absolute atomic E-state index is 0.205. The molecule has 1 atom stereocenters. The van der Waals surface area contributed by atoms with E-state index >= 15 is 0 Å². The molecule has 1 fully saturated rings. The van der Waals surface area contributed by atoms with Crippen molar-refractivity contribution in [3.05, 3.63) is 53.0 Å². The number of esters is 1. The summed E-state index contributed by atoms with van der Waals surface area (Å²) >= 11 is 0. The van der Waals surface area contributed by atoms with Gasteiger partial charge in [-0.15, -0.1) is 0 Å². The minimum atomic E-state index is -0.948. The van der Waals surface area contributed by atoms with Gasteiger partial charge in [-0.05, 0) is 63.3 Å². The molecule has 0 saturated heterocycles. The molecular formula is C28H33N7O7. The molecule has 42 heavy (non-hydrogen) atoms. The van der Waals surface area contributed by atoms with E-state index in [1.165, 1.54) is 13.3 Å². The average molecular weight is 580 g/mol. The van der Waals surface area contributed by atoms with E-state index in [9.17, 15) is 24.0 Å². The summed E-state index contributed by atoms with van der Waals surface area (Å²) in [6, 6.07) is 3.70. The van der Waals surface area contributed by atoms with Crippen molar-refractivity contribution < 1.29 is 33.4 Å². The molecule has 3 aromatic rings. The zero-order valence-corrected chi connectivity index (χ0v) is 23.8. The minimum Gasteiger partial charge on any atom is -0.426 e. The number of nitrogens with one attached hydrogen (secondary N) is 3. The largest absolute Gasteiger partial charge is 0.426 e. The lowest BCUT2D eigenvalue weighted by atomic mass is 10.1. The van der Waals surface area contributed by atoms with Crippen LogP contribution in [0.1, 0.15) is 65.0 Å². The molecule has 14 nitrogen and oxygen atoms in total. The van der Waals surface area contributed by atoms with Crippen LogP contribution in [-0.2, 0) is 19.1 Å². The van der Waals surface area contributed by atoms with Crippen LogP contribution in [0.4, 0.5) is 16.3 Å². The van der Waals surface area contributed by atoms with E-state index in [1.807, 2.05) is 20.8 Å². The van der Waals surface area contributed by atoms with Crippen molar-refractivity contribution in [1.82, 2.24) is 30.1 Å². The number of aryl methyl sites for hydroxylation is 2. The molecule has 0 aliphatic heterocycles. The van der Waals surface area contributed by atoms with Crippen LogP contribution in [0.25, 0.3) is 5.52 Å². The molecule has 4 rings (SSSR count). The molecule has 4 amide bonds. The monoisotopic (exact) mass is 579 g/mol. The molecule has 2 aromatic heterocycles. The molecule has 1 aliphatic rings. The van der Waals surface area contributed by atoms with Crippen LogP contribution in [0.2, 0.25) is 0 Å². The fourth-order valence-electron chi connectivity index (χ4n) is 4.20. The van der Waals surface area contributed by atoms with Gasteiger partial charge in [-0.2, -0.15) is 5.10 Å². The van der Waals surface area contributed by atoms with Crippen molar-refractivity contribution >= 4 is 47.3 Å². The molecule has 1 unspecified atom stereocenters. The number of aromatic nitrogens is 3. The first-order valence-electron chi connectivity index (χ1n) is 13.5. The molecular weight excluding hydrogens is 546 g/mol. The SMILES string of the molecule is CCCNC(=O)c1cn2ncnc(Nc3cc(C(=O)N(C(=O)OCOC(=O)C(C)NC=O)C4CC4)ccc3C)c2c1C. The van der Waals surface area contributed by atoms with Crippen LogP contribution in [0.15, 0.2) is 30.7 Å². The van der Waals surface area contributed by atoms with Gasteiger partial charge in [0.15, 0.2) is 5.82 Å². The lowest BCUT2D eigenvalue weighted by molar-refractivity contribution is -0.154. The first-order valence-corrected chi connectivity index (χ1v) is 13.5. The Labute approximate surface area is 241 Å². The first-order chi connectivity index (χ1) is 20.2. The van der Waals surface area contributed by atoms with Gasteiger partial charge in [0.2, 0.25) is 13.2 Å². The number of amides is 4. The Morgan fingerprint density at radius 1 is 1.19 bits per heavy atom. The summed E-state index contributed by atoms with van der Waals surface area (Å²) in [7, 11) is 0. The number of carbonyl (C=O) groups excluding carboxylic acids is 5. The maximum atomic E-state index is 13.5. The lowest BCUT2D eigenvalue weighted by Gasteiger charge is -2.21. The molecule has 1 aromatic carbocycles. The number of rotatable bonds is 12. The fraction of sp³-hybridized carbons (Fsp3) is 0.393. The number of hydrogen-bond donors (Lipinski definition) is 3. The predicted octanol–water partition coefficient (Wildman–Crippen LogP) is 2.61. The van der Waals surface area contributed by atoms with Crippen molar-refractivity contribution in [2.75, 3.05) is 18.7 Å². The average Bonchev–Trinajstić information content (AvgIpc) is 3.74. The van der Waals surface area contributed by atoms with Gasteiger partial charge in [0, 0.05) is 30.0 Å². The quantitative estimate of drug-likeness (QED) is 0.164. The van der Waals surface area contributed by atoms with Gasteiger partial charge in [0.05, 0.1) is 5.56 Å². The number of nitrogens with zero attached hydrogens (tertiary/aromatic N) is 4. The maximum absolute atomic E-state index is 13.5. The van der Waals surface area contributed by atoms with Crippen molar-refractivity contribution in [3.63, 3.8) is 0 Å². The number of anilines is 2. The molecule has 0 bridgehead atoms. The predicted molar refractivity (Wildman–Crippen MR) is 150 cm³/mol. The van der Waals surface area contributed by atoms with Gasteiger partial charge in [0.1, 0.15) is 17.9 Å². The Bertz CT molecular complexity index is 1520. The molecule has 0 radical (unpaired) electrons. The Balaban J connectivity index is 1.53. The van der Waals surface area contributed by atoms with Gasteiger partial charge in [0.25, 0.3) is 11.8 Å². The number of benzene rings is 1. The summed E-state index contributed by atoms with van der Waals surface area (Å²) in [5, 5.41) is 12.6. The number of hydrogen-bond acceptors (Lipinski definition) is 10. The van der Waals surface area contributed by atoms with Crippen LogP contribution in [-0.4, -0.2) is 75.2 Å². The maximum Gasteiger partial charge on any atom is 0.419 e. The van der Waals surface area contributed by atoms with Crippen molar-refractivity contribution in [3.8, 4) is 0 Å². The van der Waals surface area contributed by atoms with Gasteiger partial charge >= 0.3 is 12.1 Å². The zero-order valence-electron chi connectivity index (χ0n) is 23.8. The smallest absolute Gasteiger partial charge is 0.419 e. The second kappa shape index (κ2) is 13.1. The highest BCUT2D eigenvalue weighted by Gasteiger charge is 2.39. The third kappa shape index (κ3) is 6.65. The van der Waals surface area contributed by atoms with Crippen LogP contribution < -0.4 is 16.0 Å². The highest BCUT2D eigenvalue weighted by Crippen LogP contribution is 2.31. The summed E-state index contributed by atoms with van der Waals surface area (Å²) in [4.78, 5) is 66.7. The number of fused-ring (bicyclic) bond motifs is 1. The first kappa shape index (κ1) is 30.0. The Morgan fingerprint density at radius 3 is 2.64 bits per heavy atom. The van der Waals surface area contributed by atoms with E-state index in [0.29, 0.717) is 53.9 Å². The summed E-state index contributed by atoms with van der Waals surface area (Å²) < 4.78 is 11.5. The van der Waals surface area contributed by atoms with Gasteiger partial charge in [-0.1, -0.05) is 13.0 Å². The van der Waals surface area contributed by atoms with Crippen LogP contribution in [0.5, 0.6) is 0 Å². The van der Waals surface area contributed by atoms with E-state index in [0.717, 1.165) is 16.9 Å². The summed E-state index contributed by atoms with van der Waals surface area (Å²) in [5.74, 6) is -1.14. The topological polar surface area (TPSA) is 173 Å². The Kier molecular flexibility index (Phi) is 9.35. The fourth-order valence-corrected chi connectivity index (χ4v) is 4.20. The Morgan fingerprint density at radius 2 is 1.95 bits per heavy atom. The number of imide groups is 1. The number of ether oxygens (including phenoxy) is 2. The van der Waals surface area contributed by atoms with Crippen LogP contribution in [0.3, 0.4) is 0 Å². The van der Waals surface area contributed by atoms with Gasteiger partial charge in [-0.25, -0.2) is 24.0 Å². The van der Waals surface area contributed by atoms with E-state index < -0.39 is 30.8 Å². The highest BCUT2D eigenvalue weighted by molar-refractivity contribution is 6.04. The standard InChI is InChI=1S/C28H33N7O7/c1-5-10-29-25(37)21-12-34-23(17(21)3)24(30-13-32-34)33-22-11-19(7-6-16(22)2)26(38)35(20-8-9-20)28(40)42-15-41-27(39)18(4)31-14-36/h6-7,11-14,18,20H,5,8-10,15H2,1-4H3,(H,29,37)(H,31,36)(H,30,32,33). The molecule has 3 N–H and O–H groups in total. The Hall–Kier alpha value is -5.01. The zero-order chi connectivity index (χ0) is 30.4. The van der Waals surface area contributed by atoms with Crippen LogP contribution in [0, 0.1) is 13.8 Å². The molecule has 1 aliphatic carbocycles. The highest BCUT2D eigenvalue weighted by atomic mass is 16.7. The van der Waals surface area contributed by atoms with Gasteiger partial charge in [-0.3, -0.25) is 14.4 Å². The summed E-state index contributed by atoms with van der Waals surface area (Å²) in [5.41, 5.74) is 3.37. The molecule has 2 heterocycles. The van der Waals surface area contributed by atoms with Crippen molar-refractivity contribution in [2.24, 2.45) is 0 Å². The molecule has 14 heteroatoms. The third-order valence-corrected chi connectivity index (χ3v) is 6.73. The van der Waals surface area contributed by atoms with Crippen LogP contribution >= 0.6 is 0 Å². The van der Waals surface area contributed by atoms with E-state index in [4.69, 9.17) is 9.47 Å². The summed E-state index contributed by atoms with van der Waals surface area (Å²) in [6.07, 6.45) is 4.47. The van der Waals surface area contributed by atoms with E-state index in [2.05, 4.69) is 26.0 Å². The molecule has 0 spiro atoms. The summed E-state index contributed by atoms with van der Waals surface area (Å²) in [6.45, 7) is 6.89. The second-order valence-corrected chi connectivity index (χ2v) is 9.88. The third-order valence-electron chi connectivity index (χ3n) is 6.73. The lowest BCUT2D eigenvalue weighted by Crippen LogP contribution is -2.40. The number of carbonyl (C=O) groups is 5. The van der Waals surface area contributed by atoms with E-state index in [-0.39, 0.29) is 17.5 Å². The van der Waals surface area contributed by atoms with Crippen molar-refractivity contribution in [1.29, 1.82) is 0 Å². The second-order valence-electron chi connectivity index (χ2n) is 9.88. The molecule has 1 saturated carbocycles. The van der Waals surface area contributed by atoms with Crippen molar-refractivity contribution in [2.45, 2.75) is 59.0 Å². The van der Waals surface area contributed by atoms with E-state index in [1.54, 1.807) is 28.9 Å². The van der Waals surface area contributed by atoms with Gasteiger partial charge < -0.3 is 25.4 Å². The normalized spacial score (nSPS) is 13.1. The molecule has 222 valence electrons.